The topological polar surface area (TPSA) is 43.1 Å². The molecule has 1 saturated carbocycles. The van der Waals surface area contributed by atoms with Crippen LogP contribution in [0.1, 0.15) is 27.2 Å². The van der Waals surface area contributed by atoms with Crippen molar-refractivity contribution in [2.75, 3.05) is 0 Å². The summed E-state index contributed by atoms with van der Waals surface area (Å²) in [5, 5.41) is 0. The highest BCUT2D eigenvalue weighted by atomic mass is 16.1. The van der Waals surface area contributed by atoms with Crippen molar-refractivity contribution in [1.29, 1.82) is 0 Å². The van der Waals surface area contributed by atoms with Crippen LogP contribution in [0.3, 0.4) is 0 Å². The Bertz CT molecular complexity index is 288. The molecule has 0 aromatic rings. The summed E-state index contributed by atoms with van der Waals surface area (Å²) in [5.74, 6) is 0.936. The molecule has 12 heavy (non-hydrogen) atoms. The number of allylic oxidation sites excluding steroid dienone is 2. The summed E-state index contributed by atoms with van der Waals surface area (Å²) in [5.41, 5.74) is 7.52. The molecule has 2 nitrogen and oxygen atoms in total. The summed E-state index contributed by atoms with van der Waals surface area (Å²) in [6, 6.07) is 0. The fourth-order valence-corrected chi connectivity index (χ4v) is 2.67. The second-order valence-corrected chi connectivity index (χ2v) is 4.62. The molecule has 2 bridgehead atoms. The van der Waals surface area contributed by atoms with Gasteiger partial charge in [-0.15, -0.1) is 0 Å². The van der Waals surface area contributed by atoms with Gasteiger partial charge in [0.1, 0.15) is 0 Å². The van der Waals surface area contributed by atoms with Crippen LogP contribution >= 0.6 is 0 Å². The predicted molar refractivity (Wildman–Crippen MR) is 47.3 cm³/mol. The van der Waals surface area contributed by atoms with Gasteiger partial charge in [-0.05, 0) is 30.3 Å². The quantitative estimate of drug-likeness (QED) is 0.590. The number of carbonyl (C=O) groups excluding carboxylic acids is 1. The smallest absolute Gasteiger partial charge is 0.182 e. The third kappa shape index (κ3) is 0.637. The first kappa shape index (κ1) is 7.84. The molecule has 0 spiro atoms. The SMILES string of the molecule is CC1=C(N)C(=O)C2C[C@@H]1C2(C)C. The zero-order chi connectivity index (χ0) is 9.09. The van der Waals surface area contributed by atoms with E-state index in [9.17, 15) is 4.79 Å². The first-order chi connectivity index (χ1) is 5.46. The van der Waals surface area contributed by atoms with E-state index in [1.165, 1.54) is 0 Å². The van der Waals surface area contributed by atoms with Gasteiger partial charge in [-0.3, -0.25) is 4.79 Å². The molecule has 2 heteroatoms. The molecule has 2 atom stereocenters. The largest absolute Gasteiger partial charge is 0.396 e. The fraction of sp³-hybridized carbons (Fsp3) is 0.700. The molecule has 0 radical (unpaired) electrons. The Labute approximate surface area is 72.8 Å². The number of hydrogen-bond donors (Lipinski definition) is 1. The van der Waals surface area contributed by atoms with Crippen LogP contribution in [0, 0.1) is 17.3 Å². The maximum atomic E-state index is 11.6. The molecule has 2 N–H and O–H groups in total. The molecule has 3 aliphatic rings. The molecule has 3 aliphatic carbocycles. The molecular weight excluding hydrogens is 150 g/mol. The van der Waals surface area contributed by atoms with Gasteiger partial charge in [0.2, 0.25) is 0 Å². The first-order valence-corrected chi connectivity index (χ1v) is 4.46. The number of fused-ring (bicyclic) bond motifs is 1. The number of carbonyl (C=O) groups is 1. The van der Waals surface area contributed by atoms with Crippen LogP contribution in [0.4, 0.5) is 0 Å². The maximum Gasteiger partial charge on any atom is 0.182 e. The highest BCUT2D eigenvalue weighted by molar-refractivity contribution is 6.00. The molecule has 0 aliphatic heterocycles. The minimum absolute atomic E-state index is 0.171. The Morgan fingerprint density at radius 1 is 1.42 bits per heavy atom. The second-order valence-electron chi connectivity index (χ2n) is 4.62. The lowest BCUT2D eigenvalue weighted by Gasteiger charge is -2.55. The average molecular weight is 165 g/mol. The Balaban J connectivity index is 2.48. The number of Topliss-reactive ketones (excluding diaryl/α,β-unsaturated/α-hetero) is 1. The minimum atomic E-state index is 0.171. The number of hydrogen-bond acceptors (Lipinski definition) is 2. The number of rotatable bonds is 0. The van der Waals surface area contributed by atoms with Gasteiger partial charge in [0.15, 0.2) is 5.78 Å². The van der Waals surface area contributed by atoms with E-state index in [1.807, 2.05) is 6.92 Å². The summed E-state index contributed by atoms with van der Waals surface area (Å²) in [6.07, 6.45) is 1.03. The zero-order valence-corrected chi connectivity index (χ0v) is 7.85. The standard InChI is InChI=1S/C10H15NO/c1-5-6-4-7(10(6,2)3)9(12)8(5)11/h6-7H,4,11H2,1-3H3/t6-,7?/m0/s1. The van der Waals surface area contributed by atoms with E-state index in [0.29, 0.717) is 11.6 Å². The number of nitrogens with two attached hydrogens (primary N) is 1. The molecule has 1 unspecified atom stereocenters. The van der Waals surface area contributed by atoms with Crippen LogP contribution in [-0.4, -0.2) is 5.78 Å². The third-order valence-electron chi connectivity index (χ3n) is 3.80. The van der Waals surface area contributed by atoms with E-state index in [4.69, 9.17) is 5.73 Å². The van der Waals surface area contributed by atoms with Gasteiger partial charge < -0.3 is 5.73 Å². The fourth-order valence-electron chi connectivity index (χ4n) is 2.67. The van der Waals surface area contributed by atoms with E-state index in [0.717, 1.165) is 12.0 Å². The summed E-state index contributed by atoms with van der Waals surface area (Å²) in [6.45, 7) is 6.33. The van der Waals surface area contributed by atoms with E-state index >= 15 is 0 Å². The van der Waals surface area contributed by atoms with Crippen LogP contribution in [-0.2, 0) is 4.79 Å². The third-order valence-corrected chi connectivity index (χ3v) is 3.80. The summed E-state index contributed by atoms with van der Waals surface area (Å²) >= 11 is 0. The Morgan fingerprint density at radius 3 is 2.42 bits per heavy atom. The maximum absolute atomic E-state index is 11.6. The normalized spacial score (nSPS) is 38.1. The van der Waals surface area contributed by atoms with E-state index in [-0.39, 0.29) is 17.1 Å². The van der Waals surface area contributed by atoms with Gasteiger partial charge in [0, 0.05) is 5.92 Å². The van der Waals surface area contributed by atoms with E-state index in [2.05, 4.69) is 13.8 Å². The van der Waals surface area contributed by atoms with Crippen LogP contribution in [0.2, 0.25) is 0 Å². The molecule has 0 aromatic carbocycles. The van der Waals surface area contributed by atoms with Crippen LogP contribution in [0.25, 0.3) is 0 Å². The molecule has 3 rings (SSSR count). The number of ketones is 1. The molecule has 0 saturated heterocycles. The van der Waals surface area contributed by atoms with Crippen molar-refractivity contribution in [1.82, 2.24) is 0 Å². The Hall–Kier alpha value is -0.790. The summed E-state index contributed by atoms with van der Waals surface area (Å²) in [7, 11) is 0. The summed E-state index contributed by atoms with van der Waals surface area (Å²) in [4.78, 5) is 11.6. The van der Waals surface area contributed by atoms with Gasteiger partial charge in [0.05, 0.1) is 5.70 Å². The van der Waals surface area contributed by atoms with Gasteiger partial charge in [-0.1, -0.05) is 13.8 Å². The molecule has 66 valence electrons. The highest BCUT2D eigenvalue weighted by Crippen LogP contribution is 2.58. The average Bonchev–Trinajstić information content (AvgIpc) is 1.98. The van der Waals surface area contributed by atoms with Gasteiger partial charge in [-0.2, -0.15) is 0 Å². The predicted octanol–water partition coefficient (Wildman–Crippen LogP) is 1.46. The van der Waals surface area contributed by atoms with Crippen molar-refractivity contribution >= 4 is 5.78 Å². The van der Waals surface area contributed by atoms with Gasteiger partial charge in [-0.25, -0.2) is 0 Å². The zero-order valence-electron chi connectivity index (χ0n) is 7.85. The second kappa shape index (κ2) is 1.93. The minimum Gasteiger partial charge on any atom is -0.396 e. The van der Waals surface area contributed by atoms with Gasteiger partial charge in [0.25, 0.3) is 0 Å². The van der Waals surface area contributed by atoms with Crippen LogP contribution in [0.5, 0.6) is 0 Å². The van der Waals surface area contributed by atoms with Crippen molar-refractivity contribution < 1.29 is 4.79 Å². The molecular formula is C10H15NO. The van der Waals surface area contributed by atoms with Crippen molar-refractivity contribution in [2.45, 2.75) is 27.2 Å². The van der Waals surface area contributed by atoms with Crippen molar-refractivity contribution in [3.63, 3.8) is 0 Å². The summed E-state index contributed by atoms with van der Waals surface area (Å²) < 4.78 is 0. The van der Waals surface area contributed by atoms with Crippen molar-refractivity contribution in [3.8, 4) is 0 Å². The van der Waals surface area contributed by atoms with Crippen molar-refractivity contribution in [3.05, 3.63) is 11.3 Å². The lowest BCUT2D eigenvalue weighted by molar-refractivity contribution is -0.135. The molecule has 0 amide bonds. The Morgan fingerprint density at radius 2 is 2.00 bits per heavy atom. The Kier molecular flexibility index (Phi) is 1.26. The van der Waals surface area contributed by atoms with Crippen LogP contribution < -0.4 is 5.73 Å². The molecule has 1 fully saturated rings. The monoisotopic (exact) mass is 165 g/mol. The van der Waals surface area contributed by atoms with Crippen molar-refractivity contribution in [2.24, 2.45) is 23.0 Å². The lowest BCUT2D eigenvalue weighted by Crippen LogP contribution is -2.54. The van der Waals surface area contributed by atoms with E-state index < -0.39 is 0 Å². The highest BCUT2D eigenvalue weighted by Gasteiger charge is 2.56. The van der Waals surface area contributed by atoms with E-state index in [1.54, 1.807) is 0 Å². The molecule has 0 heterocycles. The first-order valence-electron chi connectivity index (χ1n) is 4.46. The lowest BCUT2D eigenvalue weighted by atomic mass is 9.48. The molecule has 0 aromatic heterocycles. The van der Waals surface area contributed by atoms with Crippen LogP contribution in [0.15, 0.2) is 11.3 Å². The van der Waals surface area contributed by atoms with Gasteiger partial charge >= 0.3 is 0 Å².